The summed E-state index contributed by atoms with van der Waals surface area (Å²) in [6, 6.07) is 8.04. The quantitative estimate of drug-likeness (QED) is 0.644. The van der Waals surface area contributed by atoms with Gasteiger partial charge in [-0.05, 0) is 12.1 Å². The first-order valence-electron chi connectivity index (χ1n) is 3.69. The minimum atomic E-state index is -0.587. The summed E-state index contributed by atoms with van der Waals surface area (Å²) in [4.78, 5) is 11.1. The number of hydrogen-bond donors (Lipinski definition) is 1. The van der Waals surface area contributed by atoms with Crippen molar-refractivity contribution in [2.75, 3.05) is 0 Å². The van der Waals surface area contributed by atoms with Crippen molar-refractivity contribution in [3.63, 3.8) is 0 Å². The van der Waals surface area contributed by atoms with Crippen LogP contribution in [-0.2, 0) is 0 Å². The second-order valence-electron chi connectivity index (χ2n) is 2.48. The van der Waals surface area contributed by atoms with E-state index in [4.69, 9.17) is 0 Å². The van der Waals surface area contributed by atoms with E-state index < -0.39 is 11.7 Å². The number of nitrogens with one attached hydrogen (secondary N) is 1. The van der Waals surface area contributed by atoms with Crippen LogP contribution >= 0.6 is 0 Å². The molecular weight excluding hydrogens is 170 g/mol. The third-order valence-electron chi connectivity index (χ3n) is 1.66. The largest absolute Gasteiger partial charge is 0.844 e. The number of rotatable bonds is 1. The van der Waals surface area contributed by atoms with Crippen LogP contribution in [0.15, 0.2) is 35.1 Å². The van der Waals surface area contributed by atoms with Gasteiger partial charge >= 0.3 is 5.69 Å². The van der Waals surface area contributed by atoms with Gasteiger partial charge in [-0.15, -0.1) is 0 Å². The van der Waals surface area contributed by atoms with E-state index in [0.717, 1.165) is 4.57 Å². The second kappa shape index (κ2) is 2.78. The molecule has 0 bridgehead atoms. The van der Waals surface area contributed by atoms with Crippen molar-refractivity contribution < 1.29 is 5.11 Å². The van der Waals surface area contributed by atoms with Gasteiger partial charge in [0, 0.05) is 0 Å². The molecule has 1 heterocycles. The minimum absolute atomic E-state index is 0.517. The van der Waals surface area contributed by atoms with E-state index in [0.29, 0.717) is 5.69 Å². The van der Waals surface area contributed by atoms with Crippen molar-refractivity contribution in [1.82, 2.24) is 14.8 Å². The SMILES string of the molecule is O=c1[nH]nc([O-])n1-c1ccccc1. The Morgan fingerprint density at radius 2 is 2.00 bits per heavy atom. The zero-order chi connectivity index (χ0) is 9.26. The summed E-state index contributed by atoms with van der Waals surface area (Å²) >= 11 is 0. The van der Waals surface area contributed by atoms with Gasteiger partial charge in [-0.25, -0.2) is 9.89 Å². The molecule has 5 heteroatoms. The average Bonchev–Trinajstić information content (AvgIpc) is 2.48. The van der Waals surface area contributed by atoms with E-state index in [-0.39, 0.29) is 0 Å². The molecule has 0 saturated carbocycles. The van der Waals surface area contributed by atoms with Gasteiger partial charge in [0.15, 0.2) is 0 Å². The first-order valence-corrected chi connectivity index (χ1v) is 3.69. The molecule has 2 rings (SSSR count). The Morgan fingerprint density at radius 1 is 1.31 bits per heavy atom. The minimum Gasteiger partial charge on any atom is -0.844 e. The molecule has 0 aliphatic carbocycles. The van der Waals surface area contributed by atoms with Gasteiger partial charge in [-0.2, -0.15) is 5.10 Å². The maximum atomic E-state index is 11.1. The van der Waals surface area contributed by atoms with E-state index >= 15 is 0 Å². The predicted molar refractivity (Wildman–Crippen MR) is 43.6 cm³/mol. The van der Waals surface area contributed by atoms with Crippen LogP contribution in [0.3, 0.4) is 0 Å². The number of H-pyrrole nitrogens is 1. The number of para-hydroxylation sites is 1. The molecule has 0 amide bonds. The standard InChI is InChI=1S/C8H7N3O2/c12-7-9-10-8(13)11(7)6-4-2-1-3-5-6/h1-5H,(H,9,12)(H,10,13)/p-1. The van der Waals surface area contributed by atoms with Gasteiger partial charge in [-0.3, -0.25) is 4.57 Å². The lowest BCUT2D eigenvalue weighted by Gasteiger charge is -2.06. The molecule has 1 aromatic carbocycles. The molecule has 1 aromatic heterocycles. The third kappa shape index (κ3) is 1.20. The highest BCUT2D eigenvalue weighted by atomic mass is 16.3. The molecule has 0 unspecified atom stereocenters. The fourth-order valence-electron chi connectivity index (χ4n) is 1.09. The Balaban J connectivity index is 2.65. The van der Waals surface area contributed by atoms with Gasteiger partial charge in [0.05, 0.1) is 11.7 Å². The van der Waals surface area contributed by atoms with E-state index in [1.165, 1.54) is 0 Å². The summed E-state index contributed by atoms with van der Waals surface area (Å²) in [5.74, 6) is 0. The molecule has 0 saturated heterocycles. The lowest BCUT2D eigenvalue weighted by Crippen LogP contribution is -2.16. The number of aromatic nitrogens is 3. The number of hydrogen-bond acceptors (Lipinski definition) is 3. The summed E-state index contributed by atoms with van der Waals surface area (Å²) in [5.41, 5.74) is 0.00227. The molecule has 0 radical (unpaired) electrons. The van der Waals surface area contributed by atoms with E-state index in [1.54, 1.807) is 30.3 Å². The molecule has 1 N–H and O–H groups in total. The summed E-state index contributed by atoms with van der Waals surface area (Å²) in [6.07, 6.45) is 0. The van der Waals surface area contributed by atoms with Crippen molar-refractivity contribution in [2.24, 2.45) is 0 Å². The first-order chi connectivity index (χ1) is 6.29. The van der Waals surface area contributed by atoms with Crippen LogP contribution in [0.1, 0.15) is 0 Å². The highest BCUT2D eigenvalue weighted by Crippen LogP contribution is 2.06. The summed E-state index contributed by atoms with van der Waals surface area (Å²) in [6.45, 7) is 0. The molecule has 0 aliphatic rings. The number of benzene rings is 1. The van der Waals surface area contributed by atoms with Gasteiger partial charge < -0.3 is 5.11 Å². The van der Waals surface area contributed by atoms with E-state index in [2.05, 4.69) is 10.2 Å². The lowest BCUT2D eigenvalue weighted by molar-refractivity contribution is -0.284. The van der Waals surface area contributed by atoms with Crippen LogP contribution in [0, 0.1) is 0 Å². The van der Waals surface area contributed by atoms with Crippen molar-refractivity contribution >= 4 is 0 Å². The summed E-state index contributed by atoms with van der Waals surface area (Å²) in [5, 5.41) is 16.4. The Kier molecular flexibility index (Phi) is 1.63. The van der Waals surface area contributed by atoms with Crippen molar-refractivity contribution in [2.45, 2.75) is 0 Å². The topological polar surface area (TPSA) is 73.7 Å². The molecule has 0 spiro atoms. The molecule has 0 aliphatic heterocycles. The molecule has 0 atom stereocenters. The van der Waals surface area contributed by atoms with Crippen molar-refractivity contribution in [1.29, 1.82) is 0 Å². The Hall–Kier alpha value is -2.04. The van der Waals surface area contributed by atoms with E-state index in [1.807, 2.05) is 0 Å². The Bertz CT molecular complexity index is 458. The van der Waals surface area contributed by atoms with Crippen LogP contribution in [0.2, 0.25) is 0 Å². The molecule has 66 valence electrons. The fraction of sp³-hybridized carbons (Fsp3) is 0. The molecule has 13 heavy (non-hydrogen) atoms. The molecule has 0 fully saturated rings. The van der Waals surface area contributed by atoms with Crippen LogP contribution in [0.5, 0.6) is 6.01 Å². The summed E-state index contributed by atoms with van der Waals surface area (Å²) < 4.78 is 0.972. The highest BCUT2D eigenvalue weighted by Gasteiger charge is 2.00. The number of nitrogens with zero attached hydrogens (tertiary/aromatic N) is 2. The lowest BCUT2D eigenvalue weighted by atomic mass is 10.3. The van der Waals surface area contributed by atoms with Crippen LogP contribution < -0.4 is 10.8 Å². The van der Waals surface area contributed by atoms with Gasteiger partial charge in [-0.1, -0.05) is 18.2 Å². The van der Waals surface area contributed by atoms with Gasteiger partial charge in [0.25, 0.3) is 0 Å². The van der Waals surface area contributed by atoms with Gasteiger partial charge in [0.1, 0.15) is 0 Å². The highest BCUT2D eigenvalue weighted by molar-refractivity contribution is 5.32. The van der Waals surface area contributed by atoms with E-state index in [9.17, 15) is 9.90 Å². The molecule has 5 nitrogen and oxygen atoms in total. The predicted octanol–water partition coefficient (Wildman–Crippen LogP) is -0.366. The van der Waals surface area contributed by atoms with Crippen LogP contribution in [-0.4, -0.2) is 14.8 Å². The zero-order valence-corrected chi connectivity index (χ0v) is 6.60. The normalized spacial score (nSPS) is 10.2. The Labute approximate surface area is 73.3 Å². The average molecular weight is 176 g/mol. The first kappa shape index (κ1) is 7.60. The maximum absolute atomic E-state index is 11.1. The Morgan fingerprint density at radius 3 is 2.54 bits per heavy atom. The third-order valence-corrected chi connectivity index (χ3v) is 1.66. The monoisotopic (exact) mass is 176 g/mol. The molecular formula is C8H6N3O2-. The zero-order valence-electron chi connectivity index (χ0n) is 6.60. The van der Waals surface area contributed by atoms with Crippen LogP contribution in [0.4, 0.5) is 0 Å². The van der Waals surface area contributed by atoms with Crippen LogP contribution in [0.25, 0.3) is 5.69 Å². The smallest absolute Gasteiger partial charge is 0.347 e. The maximum Gasteiger partial charge on any atom is 0.347 e. The van der Waals surface area contributed by atoms with Crippen molar-refractivity contribution in [3.8, 4) is 11.7 Å². The summed E-state index contributed by atoms with van der Waals surface area (Å²) in [7, 11) is 0. The second-order valence-corrected chi connectivity index (χ2v) is 2.48. The molecule has 2 aromatic rings. The number of aromatic amines is 1. The van der Waals surface area contributed by atoms with Gasteiger partial charge in [0.2, 0.25) is 0 Å². The fourth-order valence-corrected chi connectivity index (χ4v) is 1.09. The van der Waals surface area contributed by atoms with Crippen molar-refractivity contribution in [3.05, 3.63) is 40.8 Å².